The van der Waals surface area contributed by atoms with Gasteiger partial charge in [-0.25, -0.2) is 0 Å². The SMILES string of the molecule is CCCC(=O)CCc1ccc(C(F)(F)F)cc1C. The fourth-order valence-electron chi connectivity index (χ4n) is 1.83. The van der Waals surface area contributed by atoms with Crippen LogP contribution in [0.3, 0.4) is 0 Å². The lowest BCUT2D eigenvalue weighted by atomic mass is 9.99. The lowest BCUT2D eigenvalue weighted by Gasteiger charge is -2.10. The summed E-state index contributed by atoms with van der Waals surface area (Å²) in [4.78, 5) is 11.4. The van der Waals surface area contributed by atoms with E-state index < -0.39 is 11.7 Å². The van der Waals surface area contributed by atoms with Gasteiger partial charge in [-0.15, -0.1) is 0 Å². The van der Waals surface area contributed by atoms with E-state index in [2.05, 4.69) is 0 Å². The minimum Gasteiger partial charge on any atom is -0.300 e. The number of halogens is 3. The van der Waals surface area contributed by atoms with Crippen LogP contribution >= 0.6 is 0 Å². The van der Waals surface area contributed by atoms with Gasteiger partial charge in [0.25, 0.3) is 0 Å². The van der Waals surface area contributed by atoms with E-state index in [1.165, 1.54) is 6.07 Å². The summed E-state index contributed by atoms with van der Waals surface area (Å²) in [5.74, 6) is 0.164. The quantitative estimate of drug-likeness (QED) is 0.768. The normalized spacial score (nSPS) is 11.6. The van der Waals surface area contributed by atoms with Crippen LogP contribution in [0.4, 0.5) is 13.2 Å². The first-order chi connectivity index (χ1) is 8.34. The van der Waals surface area contributed by atoms with Gasteiger partial charge in [-0.3, -0.25) is 4.79 Å². The zero-order valence-corrected chi connectivity index (χ0v) is 10.6. The van der Waals surface area contributed by atoms with Crippen molar-refractivity contribution in [2.24, 2.45) is 0 Å². The third-order valence-corrected chi connectivity index (χ3v) is 2.87. The van der Waals surface area contributed by atoms with Gasteiger partial charge in [-0.05, 0) is 43.0 Å². The molecule has 4 heteroatoms. The van der Waals surface area contributed by atoms with E-state index in [1.54, 1.807) is 6.92 Å². The summed E-state index contributed by atoms with van der Waals surface area (Å²) < 4.78 is 37.4. The van der Waals surface area contributed by atoms with Crippen LogP contribution in [0.2, 0.25) is 0 Å². The molecule has 0 fully saturated rings. The summed E-state index contributed by atoms with van der Waals surface area (Å²) in [5.41, 5.74) is 0.769. The standard InChI is InChI=1S/C14H17F3O/c1-3-4-13(18)8-6-11-5-7-12(9-10(11)2)14(15,16)17/h5,7,9H,3-4,6,8H2,1-2H3. The van der Waals surface area contributed by atoms with Crippen molar-refractivity contribution in [3.63, 3.8) is 0 Å². The van der Waals surface area contributed by atoms with Gasteiger partial charge in [-0.1, -0.05) is 13.0 Å². The number of Topliss-reactive ketones (excluding diaryl/α,β-unsaturated/α-hetero) is 1. The molecule has 0 bridgehead atoms. The Morgan fingerprint density at radius 3 is 2.39 bits per heavy atom. The molecule has 0 aliphatic carbocycles. The summed E-state index contributed by atoms with van der Waals surface area (Å²) >= 11 is 0. The molecule has 0 N–H and O–H groups in total. The topological polar surface area (TPSA) is 17.1 Å². The number of carbonyl (C=O) groups excluding carboxylic acids is 1. The highest BCUT2D eigenvalue weighted by Crippen LogP contribution is 2.30. The smallest absolute Gasteiger partial charge is 0.300 e. The number of aryl methyl sites for hydroxylation is 2. The highest BCUT2D eigenvalue weighted by Gasteiger charge is 2.30. The predicted molar refractivity (Wildman–Crippen MR) is 64.4 cm³/mol. The molecule has 0 heterocycles. The molecule has 0 aliphatic rings. The van der Waals surface area contributed by atoms with Crippen molar-refractivity contribution in [1.29, 1.82) is 0 Å². The van der Waals surface area contributed by atoms with Crippen LogP contribution in [0.1, 0.15) is 42.9 Å². The molecule has 18 heavy (non-hydrogen) atoms. The van der Waals surface area contributed by atoms with E-state index in [1.807, 2.05) is 6.92 Å². The Morgan fingerprint density at radius 2 is 1.89 bits per heavy atom. The number of alkyl halides is 3. The van der Waals surface area contributed by atoms with Gasteiger partial charge >= 0.3 is 6.18 Å². The Labute approximate surface area is 105 Å². The fraction of sp³-hybridized carbons (Fsp3) is 0.500. The molecule has 0 amide bonds. The molecular weight excluding hydrogens is 241 g/mol. The van der Waals surface area contributed by atoms with E-state index in [9.17, 15) is 18.0 Å². The van der Waals surface area contributed by atoms with E-state index in [0.717, 1.165) is 24.1 Å². The summed E-state index contributed by atoms with van der Waals surface area (Å²) in [6, 6.07) is 3.68. The maximum atomic E-state index is 12.5. The molecule has 1 aromatic rings. The van der Waals surface area contributed by atoms with Crippen LogP contribution in [0, 0.1) is 6.92 Å². The van der Waals surface area contributed by atoms with Crippen molar-refractivity contribution >= 4 is 5.78 Å². The lowest BCUT2D eigenvalue weighted by molar-refractivity contribution is -0.137. The molecule has 1 nitrogen and oxygen atoms in total. The van der Waals surface area contributed by atoms with Crippen LogP contribution in [0.5, 0.6) is 0 Å². The zero-order chi connectivity index (χ0) is 13.8. The average Bonchev–Trinajstić information content (AvgIpc) is 2.26. The number of benzene rings is 1. The van der Waals surface area contributed by atoms with Gasteiger partial charge in [-0.2, -0.15) is 13.2 Å². The minimum atomic E-state index is -4.30. The second-order valence-electron chi connectivity index (χ2n) is 4.43. The molecule has 1 rings (SSSR count). The van der Waals surface area contributed by atoms with Crippen molar-refractivity contribution in [2.75, 3.05) is 0 Å². The first-order valence-corrected chi connectivity index (χ1v) is 6.03. The summed E-state index contributed by atoms with van der Waals surface area (Å²) in [6.45, 7) is 3.58. The summed E-state index contributed by atoms with van der Waals surface area (Å²) in [7, 11) is 0. The lowest BCUT2D eigenvalue weighted by Crippen LogP contribution is -2.06. The van der Waals surface area contributed by atoms with E-state index >= 15 is 0 Å². The van der Waals surface area contributed by atoms with Crippen LogP contribution in [-0.2, 0) is 17.4 Å². The van der Waals surface area contributed by atoms with Crippen LogP contribution in [0.15, 0.2) is 18.2 Å². The molecule has 0 saturated carbocycles. The zero-order valence-electron chi connectivity index (χ0n) is 10.6. The number of ketones is 1. The molecule has 0 radical (unpaired) electrons. The fourth-order valence-corrected chi connectivity index (χ4v) is 1.83. The van der Waals surface area contributed by atoms with Crippen molar-refractivity contribution in [1.82, 2.24) is 0 Å². The Balaban J connectivity index is 2.72. The maximum absolute atomic E-state index is 12.5. The van der Waals surface area contributed by atoms with Gasteiger partial charge in [0.15, 0.2) is 0 Å². The number of rotatable bonds is 5. The van der Waals surface area contributed by atoms with E-state index in [4.69, 9.17) is 0 Å². The molecule has 0 unspecified atom stereocenters. The van der Waals surface area contributed by atoms with Crippen molar-refractivity contribution < 1.29 is 18.0 Å². The largest absolute Gasteiger partial charge is 0.416 e. The highest BCUT2D eigenvalue weighted by atomic mass is 19.4. The van der Waals surface area contributed by atoms with E-state index in [0.29, 0.717) is 24.8 Å². The Morgan fingerprint density at radius 1 is 1.22 bits per heavy atom. The monoisotopic (exact) mass is 258 g/mol. The molecule has 100 valence electrons. The minimum absolute atomic E-state index is 0.164. The second kappa shape index (κ2) is 6.03. The van der Waals surface area contributed by atoms with Gasteiger partial charge in [0, 0.05) is 12.8 Å². The molecule has 0 aromatic heterocycles. The Hall–Kier alpha value is -1.32. The first kappa shape index (κ1) is 14.7. The van der Waals surface area contributed by atoms with Gasteiger partial charge in [0.1, 0.15) is 5.78 Å². The van der Waals surface area contributed by atoms with Gasteiger partial charge < -0.3 is 0 Å². The highest BCUT2D eigenvalue weighted by molar-refractivity contribution is 5.78. The predicted octanol–water partition coefficient (Wildman–Crippen LogP) is 4.32. The maximum Gasteiger partial charge on any atom is 0.416 e. The average molecular weight is 258 g/mol. The summed E-state index contributed by atoms with van der Waals surface area (Å²) in [5, 5.41) is 0. The molecule has 0 spiro atoms. The van der Waals surface area contributed by atoms with Crippen LogP contribution in [0.25, 0.3) is 0 Å². The van der Waals surface area contributed by atoms with Crippen molar-refractivity contribution in [3.8, 4) is 0 Å². The van der Waals surface area contributed by atoms with Gasteiger partial charge in [0.2, 0.25) is 0 Å². The third-order valence-electron chi connectivity index (χ3n) is 2.87. The number of hydrogen-bond acceptors (Lipinski definition) is 1. The molecule has 0 atom stereocenters. The molecule has 1 aromatic carbocycles. The second-order valence-corrected chi connectivity index (χ2v) is 4.43. The molecule has 0 aliphatic heterocycles. The Bertz CT molecular complexity index is 422. The summed E-state index contributed by atoms with van der Waals surface area (Å²) in [6.07, 6.45) is -2.03. The third kappa shape index (κ3) is 4.17. The van der Waals surface area contributed by atoms with Crippen molar-refractivity contribution in [2.45, 2.75) is 45.7 Å². The van der Waals surface area contributed by atoms with Crippen LogP contribution < -0.4 is 0 Å². The van der Waals surface area contributed by atoms with Crippen molar-refractivity contribution in [3.05, 3.63) is 34.9 Å². The van der Waals surface area contributed by atoms with Gasteiger partial charge in [0.05, 0.1) is 5.56 Å². The number of carbonyl (C=O) groups is 1. The molecular formula is C14H17F3O. The molecule has 0 saturated heterocycles. The Kier molecular flexibility index (Phi) is 4.93. The number of hydrogen-bond donors (Lipinski definition) is 0. The van der Waals surface area contributed by atoms with E-state index in [-0.39, 0.29) is 5.78 Å². The first-order valence-electron chi connectivity index (χ1n) is 6.03. The van der Waals surface area contributed by atoms with Crippen LogP contribution in [-0.4, -0.2) is 5.78 Å².